The van der Waals surface area contributed by atoms with E-state index in [1.165, 1.54) is 5.56 Å². The zero-order valence-electron chi connectivity index (χ0n) is 7.66. The third-order valence-electron chi connectivity index (χ3n) is 2.17. The number of hydrogen-bond donors (Lipinski definition) is 1. The van der Waals surface area contributed by atoms with Crippen LogP contribution >= 0.6 is 0 Å². The molecule has 12 heavy (non-hydrogen) atoms. The molecule has 1 rings (SSSR count). The van der Waals surface area contributed by atoms with Gasteiger partial charge in [-0.3, -0.25) is 4.90 Å². The summed E-state index contributed by atoms with van der Waals surface area (Å²) in [5, 5.41) is 0. The normalized spacial score (nSPS) is 13.7. The van der Waals surface area contributed by atoms with Crippen LogP contribution in [0.5, 0.6) is 0 Å². The van der Waals surface area contributed by atoms with Crippen molar-refractivity contribution >= 4 is 0 Å². The lowest BCUT2D eigenvalue weighted by Gasteiger charge is -2.22. The maximum absolute atomic E-state index is 5.46. The first kappa shape index (κ1) is 9.29. The number of furan rings is 1. The van der Waals surface area contributed by atoms with Crippen LogP contribution in [0.4, 0.5) is 0 Å². The summed E-state index contributed by atoms with van der Waals surface area (Å²) in [5.74, 6) is 0. The highest BCUT2D eigenvalue weighted by atomic mass is 16.3. The molecule has 0 saturated heterocycles. The fourth-order valence-corrected chi connectivity index (χ4v) is 1.16. The predicted octanol–water partition coefficient (Wildman–Crippen LogP) is 1.23. The Labute approximate surface area is 73.2 Å². The van der Waals surface area contributed by atoms with Gasteiger partial charge < -0.3 is 10.2 Å². The summed E-state index contributed by atoms with van der Waals surface area (Å²) >= 11 is 0. The van der Waals surface area contributed by atoms with Gasteiger partial charge in [0.2, 0.25) is 0 Å². The minimum absolute atomic E-state index is 0.382. The Morgan fingerprint density at radius 1 is 1.67 bits per heavy atom. The van der Waals surface area contributed by atoms with Crippen LogP contribution in [0.1, 0.15) is 18.5 Å². The Hall–Kier alpha value is -0.800. The van der Waals surface area contributed by atoms with E-state index in [1.54, 1.807) is 12.5 Å². The van der Waals surface area contributed by atoms with Crippen LogP contribution in [0.25, 0.3) is 0 Å². The SMILES string of the molecule is CC(c1ccoc1)N(C)CCN. The van der Waals surface area contributed by atoms with Crippen molar-refractivity contribution in [2.24, 2.45) is 5.73 Å². The maximum Gasteiger partial charge on any atom is 0.0950 e. The molecule has 3 nitrogen and oxygen atoms in total. The minimum Gasteiger partial charge on any atom is -0.472 e. The molecule has 2 N–H and O–H groups in total. The van der Waals surface area contributed by atoms with E-state index in [1.807, 2.05) is 6.07 Å². The number of likely N-dealkylation sites (N-methyl/N-ethyl adjacent to an activating group) is 1. The van der Waals surface area contributed by atoms with Gasteiger partial charge in [-0.1, -0.05) is 0 Å². The molecule has 0 bridgehead atoms. The second-order valence-corrected chi connectivity index (χ2v) is 3.00. The first-order valence-corrected chi connectivity index (χ1v) is 4.18. The predicted molar refractivity (Wildman–Crippen MR) is 48.8 cm³/mol. The minimum atomic E-state index is 0.382. The molecule has 0 aliphatic carbocycles. The van der Waals surface area contributed by atoms with Gasteiger partial charge in [0, 0.05) is 24.7 Å². The molecule has 1 unspecified atom stereocenters. The quantitative estimate of drug-likeness (QED) is 0.735. The monoisotopic (exact) mass is 168 g/mol. The van der Waals surface area contributed by atoms with Crippen molar-refractivity contribution < 1.29 is 4.42 Å². The van der Waals surface area contributed by atoms with Gasteiger partial charge >= 0.3 is 0 Å². The first-order chi connectivity index (χ1) is 5.75. The van der Waals surface area contributed by atoms with Crippen molar-refractivity contribution in [3.05, 3.63) is 24.2 Å². The lowest BCUT2D eigenvalue weighted by atomic mass is 10.1. The molecule has 0 aliphatic heterocycles. The van der Waals surface area contributed by atoms with E-state index < -0.39 is 0 Å². The molecule has 1 atom stereocenters. The second-order valence-electron chi connectivity index (χ2n) is 3.00. The van der Waals surface area contributed by atoms with Gasteiger partial charge in [0.05, 0.1) is 12.5 Å². The van der Waals surface area contributed by atoms with Crippen LogP contribution in [0.2, 0.25) is 0 Å². The van der Waals surface area contributed by atoms with E-state index in [-0.39, 0.29) is 0 Å². The molecule has 3 heteroatoms. The number of rotatable bonds is 4. The molecule has 1 heterocycles. The number of nitrogens with two attached hydrogens (primary N) is 1. The summed E-state index contributed by atoms with van der Waals surface area (Å²) in [7, 11) is 2.06. The van der Waals surface area contributed by atoms with Crippen molar-refractivity contribution in [2.45, 2.75) is 13.0 Å². The fourth-order valence-electron chi connectivity index (χ4n) is 1.16. The Morgan fingerprint density at radius 2 is 2.42 bits per heavy atom. The molecule has 0 saturated carbocycles. The largest absolute Gasteiger partial charge is 0.472 e. The Balaban J connectivity index is 2.53. The molecule has 68 valence electrons. The molecule has 0 fully saturated rings. The average molecular weight is 168 g/mol. The van der Waals surface area contributed by atoms with E-state index in [4.69, 9.17) is 10.2 Å². The fraction of sp³-hybridized carbons (Fsp3) is 0.556. The highest BCUT2D eigenvalue weighted by Gasteiger charge is 2.10. The third kappa shape index (κ3) is 2.09. The summed E-state index contributed by atoms with van der Waals surface area (Å²) < 4.78 is 5.01. The van der Waals surface area contributed by atoms with E-state index in [9.17, 15) is 0 Å². The van der Waals surface area contributed by atoms with Crippen molar-refractivity contribution in [3.63, 3.8) is 0 Å². The molecular formula is C9H16N2O. The standard InChI is InChI=1S/C9H16N2O/c1-8(11(2)5-4-10)9-3-6-12-7-9/h3,6-8H,4-5,10H2,1-2H3. The van der Waals surface area contributed by atoms with Crippen LogP contribution < -0.4 is 5.73 Å². The second kappa shape index (κ2) is 4.28. The summed E-state index contributed by atoms with van der Waals surface area (Å²) in [5.41, 5.74) is 6.66. The molecular weight excluding hydrogens is 152 g/mol. The highest BCUT2D eigenvalue weighted by molar-refractivity contribution is 5.10. The molecule has 0 aliphatic rings. The maximum atomic E-state index is 5.46. The molecule has 1 aromatic rings. The third-order valence-corrected chi connectivity index (χ3v) is 2.17. The van der Waals surface area contributed by atoms with Gasteiger partial charge in [-0.25, -0.2) is 0 Å². The molecule has 0 aromatic carbocycles. The zero-order valence-corrected chi connectivity index (χ0v) is 7.66. The topological polar surface area (TPSA) is 42.4 Å². The van der Waals surface area contributed by atoms with Crippen LogP contribution in [-0.4, -0.2) is 25.0 Å². The summed E-state index contributed by atoms with van der Waals surface area (Å²) in [6.45, 7) is 3.74. The Kier molecular flexibility index (Phi) is 3.31. The van der Waals surface area contributed by atoms with Gasteiger partial charge in [0.15, 0.2) is 0 Å². The number of hydrogen-bond acceptors (Lipinski definition) is 3. The molecule has 0 amide bonds. The lowest BCUT2D eigenvalue weighted by Crippen LogP contribution is -2.27. The van der Waals surface area contributed by atoms with Gasteiger partial charge in [-0.2, -0.15) is 0 Å². The summed E-state index contributed by atoms with van der Waals surface area (Å²) in [4.78, 5) is 2.20. The summed E-state index contributed by atoms with van der Waals surface area (Å²) in [6, 6.07) is 2.37. The molecule has 1 aromatic heterocycles. The van der Waals surface area contributed by atoms with Crippen LogP contribution in [0, 0.1) is 0 Å². The van der Waals surface area contributed by atoms with Crippen molar-refractivity contribution in [1.29, 1.82) is 0 Å². The van der Waals surface area contributed by atoms with Crippen molar-refractivity contribution in [1.82, 2.24) is 4.90 Å². The highest BCUT2D eigenvalue weighted by Crippen LogP contribution is 2.17. The Bertz CT molecular complexity index is 208. The smallest absolute Gasteiger partial charge is 0.0950 e. The van der Waals surface area contributed by atoms with Crippen molar-refractivity contribution in [3.8, 4) is 0 Å². The van der Waals surface area contributed by atoms with Gasteiger partial charge in [0.1, 0.15) is 0 Å². The van der Waals surface area contributed by atoms with E-state index in [0.29, 0.717) is 12.6 Å². The average Bonchev–Trinajstić information content (AvgIpc) is 2.55. The zero-order chi connectivity index (χ0) is 8.97. The van der Waals surface area contributed by atoms with Crippen molar-refractivity contribution in [2.75, 3.05) is 20.1 Å². The Morgan fingerprint density at radius 3 is 2.92 bits per heavy atom. The first-order valence-electron chi connectivity index (χ1n) is 4.18. The van der Waals surface area contributed by atoms with E-state index in [2.05, 4.69) is 18.9 Å². The van der Waals surface area contributed by atoms with E-state index >= 15 is 0 Å². The van der Waals surface area contributed by atoms with Gasteiger partial charge in [-0.05, 0) is 20.0 Å². The van der Waals surface area contributed by atoms with Gasteiger partial charge in [-0.15, -0.1) is 0 Å². The lowest BCUT2D eigenvalue weighted by molar-refractivity contribution is 0.268. The molecule has 0 spiro atoms. The molecule has 0 radical (unpaired) electrons. The van der Waals surface area contributed by atoms with Crippen LogP contribution in [-0.2, 0) is 0 Å². The van der Waals surface area contributed by atoms with Crippen LogP contribution in [0.15, 0.2) is 23.0 Å². The van der Waals surface area contributed by atoms with Crippen LogP contribution in [0.3, 0.4) is 0 Å². The summed E-state index contributed by atoms with van der Waals surface area (Å²) in [6.07, 6.45) is 3.47. The van der Waals surface area contributed by atoms with E-state index in [0.717, 1.165) is 6.54 Å². The number of nitrogens with zero attached hydrogens (tertiary/aromatic N) is 1. The van der Waals surface area contributed by atoms with Gasteiger partial charge in [0.25, 0.3) is 0 Å².